The summed E-state index contributed by atoms with van der Waals surface area (Å²) in [5, 5.41) is 0. The van der Waals surface area contributed by atoms with Crippen LogP contribution >= 0.6 is 0 Å². The summed E-state index contributed by atoms with van der Waals surface area (Å²) in [5.74, 6) is -3.55. The number of halogens is 2. The number of rotatable bonds is 4. The van der Waals surface area contributed by atoms with Gasteiger partial charge in [-0.25, -0.2) is 18.4 Å². The zero-order valence-electron chi connectivity index (χ0n) is 13.3. The lowest BCUT2D eigenvalue weighted by Crippen LogP contribution is -2.14. The van der Waals surface area contributed by atoms with Crippen LogP contribution in [0, 0.1) is 11.6 Å². The van der Waals surface area contributed by atoms with E-state index in [0.717, 1.165) is 12.1 Å². The maximum atomic E-state index is 13.7. The lowest BCUT2D eigenvalue weighted by Gasteiger charge is -2.11. The van der Waals surface area contributed by atoms with Crippen molar-refractivity contribution in [3.8, 4) is 11.5 Å². The number of hydrogen-bond acceptors (Lipinski definition) is 4. The molecule has 0 bridgehead atoms. The molecule has 0 aliphatic carbocycles. The minimum atomic E-state index is -0.947. The first-order valence-electron chi connectivity index (χ1n) is 7.58. The van der Waals surface area contributed by atoms with Crippen molar-refractivity contribution in [3.63, 3.8) is 0 Å². The van der Waals surface area contributed by atoms with E-state index in [2.05, 4.69) is 0 Å². The van der Waals surface area contributed by atoms with Gasteiger partial charge in [0, 0.05) is 0 Å². The molecule has 0 radical (unpaired) electrons. The molecule has 0 saturated heterocycles. The van der Waals surface area contributed by atoms with Gasteiger partial charge < -0.3 is 9.47 Å². The first-order chi connectivity index (χ1) is 12.6. The Morgan fingerprint density at radius 2 is 0.923 bits per heavy atom. The largest absolute Gasteiger partial charge is 0.419 e. The van der Waals surface area contributed by atoms with E-state index in [0.29, 0.717) is 0 Å². The number of benzene rings is 3. The molecule has 26 heavy (non-hydrogen) atoms. The summed E-state index contributed by atoms with van der Waals surface area (Å²) in [5.41, 5.74) is -0.523. The third-order valence-electron chi connectivity index (χ3n) is 3.44. The highest BCUT2D eigenvalue weighted by atomic mass is 19.1. The molecule has 0 aliphatic rings. The molecule has 0 aliphatic heterocycles. The van der Waals surface area contributed by atoms with Gasteiger partial charge in [-0.15, -0.1) is 0 Å². The summed E-state index contributed by atoms with van der Waals surface area (Å²) in [4.78, 5) is 24.3. The number of hydrogen-bond donors (Lipinski definition) is 0. The van der Waals surface area contributed by atoms with Crippen molar-refractivity contribution in [2.75, 3.05) is 0 Å². The van der Waals surface area contributed by atoms with Crippen LogP contribution in [0.4, 0.5) is 8.78 Å². The molecule has 6 heteroatoms. The van der Waals surface area contributed by atoms with Gasteiger partial charge in [0.25, 0.3) is 0 Å². The molecule has 4 nitrogen and oxygen atoms in total. The fourth-order valence-electron chi connectivity index (χ4n) is 2.18. The zero-order chi connectivity index (χ0) is 18.5. The Balaban J connectivity index is 1.83. The van der Waals surface area contributed by atoms with E-state index >= 15 is 0 Å². The second kappa shape index (κ2) is 7.57. The minimum Gasteiger partial charge on any atom is -0.419 e. The first kappa shape index (κ1) is 17.3. The average molecular weight is 354 g/mol. The fraction of sp³-hybridized carbons (Fsp3) is 0. The molecule has 0 amide bonds. The van der Waals surface area contributed by atoms with E-state index in [1.807, 2.05) is 0 Å². The summed E-state index contributed by atoms with van der Waals surface area (Å²) in [6, 6.07) is 16.5. The molecular formula is C20H12F2O4. The lowest BCUT2D eigenvalue weighted by molar-refractivity contribution is 0.0677. The molecule has 0 atom stereocenters. The van der Waals surface area contributed by atoms with Crippen molar-refractivity contribution in [3.05, 3.63) is 95.6 Å². The van der Waals surface area contributed by atoms with Gasteiger partial charge in [0.05, 0.1) is 11.1 Å². The van der Waals surface area contributed by atoms with Gasteiger partial charge in [-0.05, 0) is 36.4 Å². The topological polar surface area (TPSA) is 52.6 Å². The highest BCUT2D eigenvalue weighted by Crippen LogP contribution is 2.28. The van der Waals surface area contributed by atoms with Crippen LogP contribution in [0.2, 0.25) is 0 Å². The quantitative estimate of drug-likeness (QED) is 0.515. The Morgan fingerprint density at radius 3 is 1.31 bits per heavy atom. The molecular weight excluding hydrogens is 342 g/mol. The van der Waals surface area contributed by atoms with Crippen LogP contribution in [-0.2, 0) is 0 Å². The lowest BCUT2D eigenvalue weighted by atomic mass is 10.2. The van der Waals surface area contributed by atoms with Crippen LogP contribution in [0.25, 0.3) is 0 Å². The predicted molar refractivity (Wildman–Crippen MR) is 89.2 cm³/mol. The predicted octanol–water partition coefficient (Wildman–Crippen LogP) is 4.40. The van der Waals surface area contributed by atoms with Crippen molar-refractivity contribution in [1.29, 1.82) is 0 Å². The molecule has 0 aromatic heterocycles. The third kappa shape index (κ3) is 3.75. The highest BCUT2D eigenvalue weighted by Gasteiger charge is 2.19. The van der Waals surface area contributed by atoms with E-state index in [9.17, 15) is 18.4 Å². The number of para-hydroxylation sites is 2. The number of carbonyl (C=O) groups excluding carboxylic acids is 2. The number of carbonyl (C=O) groups is 2. The van der Waals surface area contributed by atoms with Crippen molar-refractivity contribution in [2.24, 2.45) is 0 Å². The van der Waals surface area contributed by atoms with Crippen molar-refractivity contribution in [1.82, 2.24) is 0 Å². The highest BCUT2D eigenvalue weighted by molar-refractivity contribution is 5.93. The van der Waals surface area contributed by atoms with Gasteiger partial charge in [0.1, 0.15) is 11.6 Å². The first-order valence-corrected chi connectivity index (χ1v) is 7.58. The van der Waals surface area contributed by atoms with E-state index in [-0.39, 0.29) is 22.6 Å². The van der Waals surface area contributed by atoms with Gasteiger partial charge >= 0.3 is 11.9 Å². The Kier molecular flexibility index (Phi) is 5.03. The standard InChI is InChI=1S/C20H12F2O4/c21-15-9-3-1-7-13(15)19(23)25-17-11-5-6-12-18(17)26-20(24)14-8-2-4-10-16(14)22/h1-12H. The number of esters is 2. The van der Waals surface area contributed by atoms with Gasteiger partial charge in [0.2, 0.25) is 0 Å². The van der Waals surface area contributed by atoms with Gasteiger partial charge in [0.15, 0.2) is 11.5 Å². The van der Waals surface area contributed by atoms with Crippen LogP contribution in [-0.4, -0.2) is 11.9 Å². The molecule has 0 saturated carbocycles. The molecule has 0 unspecified atom stereocenters. The maximum absolute atomic E-state index is 13.7. The SMILES string of the molecule is O=C(Oc1ccccc1OC(=O)c1ccccc1F)c1ccccc1F. The molecule has 0 N–H and O–H groups in total. The average Bonchev–Trinajstić information content (AvgIpc) is 2.64. The van der Waals surface area contributed by atoms with Gasteiger partial charge in [-0.1, -0.05) is 36.4 Å². The van der Waals surface area contributed by atoms with E-state index in [1.54, 1.807) is 12.1 Å². The van der Waals surface area contributed by atoms with Crippen LogP contribution in [0.15, 0.2) is 72.8 Å². The van der Waals surface area contributed by atoms with Crippen molar-refractivity contribution < 1.29 is 27.8 Å². The molecule has 3 aromatic carbocycles. The Morgan fingerprint density at radius 1 is 0.577 bits per heavy atom. The van der Waals surface area contributed by atoms with Gasteiger partial charge in [-0.2, -0.15) is 0 Å². The molecule has 0 fully saturated rings. The number of ether oxygens (including phenoxy) is 2. The van der Waals surface area contributed by atoms with Crippen LogP contribution < -0.4 is 9.47 Å². The zero-order valence-corrected chi connectivity index (χ0v) is 13.3. The maximum Gasteiger partial charge on any atom is 0.346 e. The molecule has 3 aromatic rings. The molecule has 3 rings (SSSR count). The van der Waals surface area contributed by atoms with E-state index in [1.165, 1.54) is 48.5 Å². The molecule has 0 spiro atoms. The van der Waals surface area contributed by atoms with Crippen LogP contribution in [0.3, 0.4) is 0 Å². The van der Waals surface area contributed by atoms with Crippen molar-refractivity contribution >= 4 is 11.9 Å². The van der Waals surface area contributed by atoms with E-state index in [4.69, 9.17) is 9.47 Å². The van der Waals surface area contributed by atoms with E-state index < -0.39 is 23.6 Å². The Hall–Kier alpha value is -3.54. The monoisotopic (exact) mass is 354 g/mol. The Labute approximate surface area is 147 Å². The fourth-order valence-corrected chi connectivity index (χ4v) is 2.18. The summed E-state index contributed by atoms with van der Waals surface area (Å²) in [6.45, 7) is 0. The second-order valence-corrected chi connectivity index (χ2v) is 5.19. The van der Waals surface area contributed by atoms with Crippen LogP contribution in [0.1, 0.15) is 20.7 Å². The smallest absolute Gasteiger partial charge is 0.346 e. The third-order valence-corrected chi connectivity index (χ3v) is 3.44. The molecule has 0 heterocycles. The van der Waals surface area contributed by atoms with Crippen molar-refractivity contribution in [2.45, 2.75) is 0 Å². The summed E-state index contributed by atoms with van der Waals surface area (Å²) in [6.07, 6.45) is 0. The minimum absolute atomic E-state index is 0.0922. The second-order valence-electron chi connectivity index (χ2n) is 5.19. The van der Waals surface area contributed by atoms with Crippen LogP contribution in [0.5, 0.6) is 11.5 Å². The summed E-state index contributed by atoms with van der Waals surface area (Å²) in [7, 11) is 0. The summed E-state index contributed by atoms with van der Waals surface area (Å²) < 4.78 is 37.6. The normalized spacial score (nSPS) is 10.2. The van der Waals surface area contributed by atoms with Gasteiger partial charge in [-0.3, -0.25) is 0 Å². The Bertz CT molecular complexity index is 891. The summed E-state index contributed by atoms with van der Waals surface area (Å²) >= 11 is 0. The molecule has 130 valence electrons.